The highest BCUT2D eigenvalue weighted by atomic mass is 14.9. The predicted molar refractivity (Wildman–Crippen MR) is 97.9 cm³/mol. The van der Waals surface area contributed by atoms with Gasteiger partial charge in [-0.15, -0.1) is 0 Å². The van der Waals surface area contributed by atoms with Crippen molar-refractivity contribution in [1.82, 2.24) is 15.3 Å². The number of hydrogen-bond acceptors (Lipinski definition) is 3. The Labute approximate surface area is 143 Å². The van der Waals surface area contributed by atoms with Gasteiger partial charge < -0.3 is 5.32 Å². The molecule has 0 aliphatic rings. The van der Waals surface area contributed by atoms with Gasteiger partial charge in [0, 0.05) is 31.6 Å². The molecule has 2 aromatic carbocycles. The monoisotopic (exact) mass is 317 g/mol. The van der Waals surface area contributed by atoms with Crippen LogP contribution in [-0.2, 0) is 6.42 Å². The molecule has 1 aromatic heterocycles. The van der Waals surface area contributed by atoms with E-state index in [0.717, 1.165) is 18.7 Å². The van der Waals surface area contributed by atoms with Crippen molar-refractivity contribution in [2.75, 3.05) is 6.54 Å². The van der Waals surface area contributed by atoms with Gasteiger partial charge in [0.1, 0.15) is 0 Å². The van der Waals surface area contributed by atoms with Gasteiger partial charge in [0.05, 0.1) is 11.7 Å². The third kappa shape index (κ3) is 4.06. The van der Waals surface area contributed by atoms with Crippen molar-refractivity contribution in [2.24, 2.45) is 0 Å². The Morgan fingerprint density at radius 3 is 2.58 bits per heavy atom. The first kappa shape index (κ1) is 16.3. The zero-order chi connectivity index (χ0) is 16.8. The highest BCUT2D eigenvalue weighted by Crippen LogP contribution is 2.25. The fraction of sp³-hybridized carbons (Fsp3) is 0.238. The fourth-order valence-corrected chi connectivity index (χ4v) is 2.93. The lowest BCUT2D eigenvalue weighted by atomic mass is 9.93. The van der Waals surface area contributed by atoms with Crippen LogP contribution in [0.2, 0.25) is 0 Å². The summed E-state index contributed by atoms with van der Waals surface area (Å²) in [5.41, 5.74) is 6.22. The summed E-state index contributed by atoms with van der Waals surface area (Å²) >= 11 is 0. The van der Waals surface area contributed by atoms with E-state index in [1.165, 1.54) is 22.3 Å². The smallest absolute Gasteiger partial charge is 0.0599 e. The van der Waals surface area contributed by atoms with Crippen LogP contribution in [0.1, 0.15) is 34.0 Å². The number of hydrogen-bond donors (Lipinski definition) is 1. The van der Waals surface area contributed by atoms with Crippen LogP contribution in [-0.4, -0.2) is 16.5 Å². The Hall–Kier alpha value is -2.52. The van der Waals surface area contributed by atoms with Crippen LogP contribution in [0, 0.1) is 13.8 Å². The molecular weight excluding hydrogens is 294 g/mol. The molecule has 0 saturated heterocycles. The van der Waals surface area contributed by atoms with Crippen molar-refractivity contribution in [3.05, 3.63) is 95.1 Å². The SMILES string of the molecule is Cc1ccc(C)c(C(NCCc2cnccn2)c2ccccc2)c1. The van der Waals surface area contributed by atoms with Crippen molar-refractivity contribution < 1.29 is 0 Å². The molecule has 0 spiro atoms. The van der Waals surface area contributed by atoms with E-state index in [1.807, 2.05) is 6.20 Å². The number of aryl methyl sites for hydroxylation is 2. The van der Waals surface area contributed by atoms with Gasteiger partial charge in [-0.3, -0.25) is 9.97 Å². The van der Waals surface area contributed by atoms with Gasteiger partial charge in [0.15, 0.2) is 0 Å². The average Bonchev–Trinajstić information content (AvgIpc) is 2.63. The first-order valence-electron chi connectivity index (χ1n) is 8.34. The molecular formula is C21H23N3. The molecule has 0 fully saturated rings. The van der Waals surface area contributed by atoms with E-state index in [2.05, 4.69) is 77.7 Å². The molecule has 3 aromatic rings. The van der Waals surface area contributed by atoms with Gasteiger partial charge in [-0.2, -0.15) is 0 Å². The number of nitrogens with zero attached hydrogens (tertiary/aromatic N) is 2. The molecule has 0 saturated carbocycles. The predicted octanol–water partition coefficient (Wildman–Crippen LogP) is 4.02. The minimum atomic E-state index is 0.183. The summed E-state index contributed by atoms with van der Waals surface area (Å²) in [6.45, 7) is 5.17. The Morgan fingerprint density at radius 2 is 1.83 bits per heavy atom. The van der Waals surface area contributed by atoms with E-state index < -0.39 is 0 Å². The van der Waals surface area contributed by atoms with Gasteiger partial charge in [-0.25, -0.2) is 0 Å². The second-order valence-electron chi connectivity index (χ2n) is 6.10. The molecule has 3 rings (SSSR count). The number of rotatable bonds is 6. The third-order valence-corrected chi connectivity index (χ3v) is 4.22. The van der Waals surface area contributed by atoms with Crippen molar-refractivity contribution in [3.63, 3.8) is 0 Å². The first-order chi connectivity index (χ1) is 11.7. The molecule has 0 amide bonds. The van der Waals surface area contributed by atoms with E-state index in [-0.39, 0.29) is 6.04 Å². The minimum Gasteiger partial charge on any atom is -0.306 e. The summed E-state index contributed by atoms with van der Waals surface area (Å²) in [4.78, 5) is 8.48. The maximum absolute atomic E-state index is 4.35. The molecule has 0 bridgehead atoms. The molecule has 3 nitrogen and oxygen atoms in total. The lowest BCUT2D eigenvalue weighted by Crippen LogP contribution is -2.25. The lowest BCUT2D eigenvalue weighted by Gasteiger charge is -2.22. The molecule has 24 heavy (non-hydrogen) atoms. The van der Waals surface area contributed by atoms with E-state index in [1.54, 1.807) is 12.4 Å². The van der Waals surface area contributed by atoms with Crippen molar-refractivity contribution in [1.29, 1.82) is 0 Å². The zero-order valence-electron chi connectivity index (χ0n) is 14.2. The van der Waals surface area contributed by atoms with Crippen LogP contribution in [0.4, 0.5) is 0 Å². The van der Waals surface area contributed by atoms with E-state index >= 15 is 0 Å². The van der Waals surface area contributed by atoms with Gasteiger partial charge in [0.25, 0.3) is 0 Å². The summed E-state index contributed by atoms with van der Waals surface area (Å²) in [6, 6.07) is 17.4. The average molecular weight is 317 g/mol. The summed E-state index contributed by atoms with van der Waals surface area (Å²) in [7, 11) is 0. The van der Waals surface area contributed by atoms with Gasteiger partial charge >= 0.3 is 0 Å². The Kier molecular flexibility index (Phi) is 5.34. The minimum absolute atomic E-state index is 0.183. The molecule has 122 valence electrons. The van der Waals surface area contributed by atoms with Gasteiger partial charge in [-0.05, 0) is 30.5 Å². The summed E-state index contributed by atoms with van der Waals surface area (Å²) in [5, 5.41) is 3.70. The first-order valence-corrected chi connectivity index (χ1v) is 8.34. The topological polar surface area (TPSA) is 37.8 Å². The highest BCUT2D eigenvalue weighted by Gasteiger charge is 2.15. The summed E-state index contributed by atoms with van der Waals surface area (Å²) in [5.74, 6) is 0. The van der Waals surface area contributed by atoms with Crippen molar-refractivity contribution in [2.45, 2.75) is 26.3 Å². The number of aromatic nitrogens is 2. The Morgan fingerprint density at radius 1 is 1.00 bits per heavy atom. The normalized spacial score (nSPS) is 12.1. The van der Waals surface area contributed by atoms with Gasteiger partial charge in [-0.1, -0.05) is 54.1 Å². The van der Waals surface area contributed by atoms with Crippen LogP contribution < -0.4 is 5.32 Å². The second-order valence-corrected chi connectivity index (χ2v) is 6.10. The third-order valence-electron chi connectivity index (χ3n) is 4.22. The standard InChI is InChI=1S/C21H23N3/c1-16-8-9-17(2)20(14-16)21(18-6-4-3-5-7-18)24-11-10-19-15-22-12-13-23-19/h3-9,12-15,21,24H,10-11H2,1-2H3. The van der Waals surface area contributed by atoms with Gasteiger partial charge in [0.2, 0.25) is 0 Å². The molecule has 0 aliphatic heterocycles. The second kappa shape index (κ2) is 7.84. The number of nitrogens with one attached hydrogen (secondary N) is 1. The van der Waals surface area contributed by atoms with E-state index in [9.17, 15) is 0 Å². The van der Waals surface area contributed by atoms with E-state index in [4.69, 9.17) is 0 Å². The Balaban J connectivity index is 1.82. The van der Waals surface area contributed by atoms with Crippen LogP contribution in [0.15, 0.2) is 67.1 Å². The highest BCUT2D eigenvalue weighted by molar-refractivity contribution is 5.39. The van der Waals surface area contributed by atoms with Crippen LogP contribution in [0.25, 0.3) is 0 Å². The fourth-order valence-electron chi connectivity index (χ4n) is 2.93. The molecule has 1 atom stereocenters. The van der Waals surface area contributed by atoms with Crippen molar-refractivity contribution in [3.8, 4) is 0 Å². The molecule has 1 unspecified atom stereocenters. The van der Waals surface area contributed by atoms with Crippen LogP contribution >= 0.6 is 0 Å². The largest absolute Gasteiger partial charge is 0.306 e. The van der Waals surface area contributed by atoms with Crippen molar-refractivity contribution >= 4 is 0 Å². The van der Waals surface area contributed by atoms with E-state index in [0.29, 0.717) is 0 Å². The number of benzene rings is 2. The quantitative estimate of drug-likeness (QED) is 0.746. The Bertz CT molecular complexity index is 770. The summed E-state index contributed by atoms with van der Waals surface area (Å²) < 4.78 is 0. The zero-order valence-corrected chi connectivity index (χ0v) is 14.2. The summed E-state index contributed by atoms with van der Waals surface area (Å²) in [6.07, 6.45) is 6.15. The molecule has 1 heterocycles. The molecule has 1 N–H and O–H groups in total. The molecule has 3 heteroatoms. The maximum Gasteiger partial charge on any atom is 0.0599 e. The van der Waals surface area contributed by atoms with Crippen LogP contribution in [0.3, 0.4) is 0 Å². The molecule has 0 radical (unpaired) electrons. The van der Waals surface area contributed by atoms with Crippen LogP contribution in [0.5, 0.6) is 0 Å². The maximum atomic E-state index is 4.35. The lowest BCUT2D eigenvalue weighted by molar-refractivity contribution is 0.599. The molecule has 0 aliphatic carbocycles.